The first-order chi connectivity index (χ1) is 12.9. The topological polar surface area (TPSA) is 84.2 Å². The number of para-hydroxylation sites is 2. The van der Waals surface area contributed by atoms with Gasteiger partial charge in [0, 0.05) is 0 Å². The Bertz CT molecular complexity index is 1250. The molecule has 0 fully saturated rings. The fourth-order valence-electron chi connectivity index (χ4n) is 2.68. The molecule has 0 amide bonds. The minimum absolute atomic E-state index is 0.109. The summed E-state index contributed by atoms with van der Waals surface area (Å²) in [7, 11) is -1.79. The lowest BCUT2D eigenvalue weighted by Gasteiger charge is -2.06. The highest BCUT2D eigenvalue weighted by atomic mass is 32.2. The Morgan fingerprint density at radius 2 is 1.74 bits per heavy atom. The molecule has 1 atom stereocenters. The van der Waals surface area contributed by atoms with Gasteiger partial charge in [-0.25, -0.2) is 18.7 Å². The first-order valence-electron chi connectivity index (χ1n) is 8.29. The molecule has 0 aliphatic carbocycles. The van der Waals surface area contributed by atoms with Crippen molar-refractivity contribution in [1.29, 1.82) is 0 Å². The van der Waals surface area contributed by atoms with E-state index in [0.29, 0.717) is 16.9 Å². The monoisotopic (exact) mass is 380 g/mol. The van der Waals surface area contributed by atoms with Crippen LogP contribution in [0.5, 0.6) is 0 Å². The Morgan fingerprint density at radius 3 is 2.37 bits per heavy atom. The highest BCUT2D eigenvalue weighted by Gasteiger charge is 2.19. The van der Waals surface area contributed by atoms with E-state index in [1.807, 2.05) is 42.9 Å². The van der Waals surface area contributed by atoms with Gasteiger partial charge in [-0.15, -0.1) is 4.36 Å². The smallest absolute Gasteiger partial charge is 0.272 e. The highest BCUT2D eigenvalue weighted by Crippen LogP contribution is 2.26. The molecular weight excluding hydrogens is 362 g/mol. The number of hydrogen-bond acceptors (Lipinski definition) is 4. The standard InChI is InChI=1S/C19H17N5O2S/c1-14-7-9-15(10-8-14)27(25,26)22-18-19(24-12-11-23(2)13-24)21-17-6-4-3-5-16(17)20-18/h3-13H,1-2H3/p+1. The molecule has 0 bridgehead atoms. The van der Waals surface area contributed by atoms with Crippen LogP contribution in [-0.2, 0) is 17.1 Å². The number of aryl methyl sites for hydroxylation is 2. The van der Waals surface area contributed by atoms with Crippen molar-refractivity contribution in [3.63, 3.8) is 0 Å². The van der Waals surface area contributed by atoms with Crippen molar-refractivity contribution < 1.29 is 13.3 Å². The van der Waals surface area contributed by atoms with Crippen LogP contribution in [0.1, 0.15) is 5.56 Å². The molecule has 2 aromatic heterocycles. The molecule has 4 aromatic rings. The predicted octanol–water partition coefficient (Wildman–Crippen LogP) is 3.19. The third-order valence-electron chi connectivity index (χ3n) is 4.09. The normalized spacial score (nSPS) is 13.4. The summed E-state index contributed by atoms with van der Waals surface area (Å²) in [5.74, 6) is 0.501. The summed E-state index contributed by atoms with van der Waals surface area (Å²) < 4.78 is 31.1. The molecule has 27 heavy (non-hydrogen) atoms. The Balaban J connectivity index is 1.96. The second-order valence-corrected chi connectivity index (χ2v) is 7.89. The van der Waals surface area contributed by atoms with E-state index in [9.17, 15) is 8.76 Å². The summed E-state index contributed by atoms with van der Waals surface area (Å²) in [4.78, 5) is 9.33. The number of nitrogens with zero attached hydrogens (tertiary/aromatic N) is 5. The van der Waals surface area contributed by atoms with Gasteiger partial charge in [0.2, 0.25) is 12.1 Å². The van der Waals surface area contributed by atoms with Gasteiger partial charge >= 0.3 is 0 Å². The third-order valence-corrected chi connectivity index (χ3v) is 5.39. The zero-order chi connectivity index (χ0) is 19.0. The molecule has 0 spiro atoms. The van der Waals surface area contributed by atoms with Crippen molar-refractivity contribution in [1.82, 2.24) is 14.5 Å². The molecule has 7 nitrogen and oxygen atoms in total. The maximum atomic E-state index is 12.9. The quantitative estimate of drug-likeness (QED) is 0.553. The van der Waals surface area contributed by atoms with Crippen LogP contribution in [0, 0.1) is 6.92 Å². The molecule has 0 saturated carbocycles. The minimum Gasteiger partial charge on any atom is -0.296 e. The lowest BCUT2D eigenvalue weighted by molar-refractivity contribution is -0.670. The van der Waals surface area contributed by atoms with E-state index in [1.54, 1.807) is 47.4 Å². The lowest BCUT2D eigenvalue weighted by Crippen LogP contribution is -2.23. The van der Waals surface area contributed by atoms with E-state index in [2.05, 4.69) is 14.3 Å². The number of fused-ring (bicyclic) bond motifs is 1. The van der Waals surface area contributed by atoms with Gasteiger partial charge < -0.3 is 0 Å². The fraction of sp³-hybridized carbons (Fsp3) is 0.105. The van der Waals surface area contributed by atoms with E-state index in [1.165, 1.54) is 0 Å². The van der Waals surface area contributed by atoms with E-state index < -0.39 is 10.0 Å². The second-order valence-electron chi connectivity index (χ2n) is 6.25. The van der Waals surface area contributed by atoms with Crippen molar-refractivity contribution in [3.8, 4) is 5.82 Å². The molecule has 2 aromatic carbocycles. The number of imidazole rings is 1. The van der Waals surface area contributed by atoms with Gasteiger partial charge in [-0.2, -0.15) is 4.57 Å². The average Bonchev–Trinajstić information content (AvgIpc) is 3.07. The van der Waals surface area contributed by atoms with Gasteiger partial charge in [-0.05, 0) is 31.2 Å². The van der Waals surface area contributed by atoms with Gasteiger partial charge in [0.25, 0.3) is 5.82 Å². The molecule has 8 heteroatoms. The SMILES string of the molecule is Cc1ccc(S(=O)(O)=Nc2nc3ccccc3nc2-n2cc[n+](C)c2)cc1. The summed E-state index contributed by atoms with van der Waals surface area (Å²) >= 11 is 0. The van der Waals surface area contributed by atoms with E-state index in [0.717, 1.165) is 5.56 Å². The van der Waals surface area contributed by atoms with Crippen LogP contribution < -0.4 is 4.57 Å². The van der Waals surface area contributed by atoms with Crippen LogP contribution in [0.3, 0.4) is 0 Å². The number of benzene rings is 2. The fourth-order valence-corrected chi connectivity index (χ4v) is 3.63. The summed E-state index contributed by atoms with van der Waals surface area (Å²) in [6, 6.07) is 14.1. The second kappa shape index (κ2) is 6.57. The molecule has 0 aliphatic rings. The van der Waals surface area contributed by atoms with Crippen molar-refractivity contribution in [2.45, 2.75) is 11.8 Å². The van der Waals surface area contributed by atoms with Crippen molar-refractivity contribution >= 4 is 26.9 Å². The zero-order valence-electron chi connectivity index (χ0n) is 14.9. The van der Waals surface area contributed by atoms with E-state index >= 15 is 0 Å². The van der Waals surface area contributed by atoms with Crippen LogP contribution in [0.4, 0.5) is 5.82 Å². The van der Waals surface area contributed by atoms with Crippen molar-refractivity contribution in [3.05, 3.63) is 72.8 Å². The molecule has 136 valence electrons. The van der Waals surface area contributed by atoms with Gasteiger partial charge in [0.15, 0.2) is 10.0 Å². The van der Waals surface area contributed by atoms with Crippen LogP contribution in [0.25, 0.3) is 16.9 Å². The van der Waals surface area contributed by atoms with Gasteiger partial charge in [0.1, 0.15) is 12.4 Å². The molecule has 0 radical (unpaired) electrons. The summed E-state index contributed by atoms with van der Waals surface area (Å²) in [5.41, 5.74) is 2.29. The number of hydrogen-bond donors (Lipinski definition) is 1. The Labute approximate surface area is 157 Å². The maximum absolute atomic E-state index is 12.9. The van der Waals surface area contributed by atoms with Crippen LogP contribution >= 0.6 is 0 Å². The van der Waals surface area contributed by atoms with Crippen LogP contribution in [0.15, 0.2) is 76.5 Å². The maximum Gasteiger partial charge on any atom is 0.272 e. The Kier molecular flexibility index (Phi) is 4.21. The zero-order valence-corrected chi connectivity index (χ0v) is 15.7. The van der Waals surface area contributed by atoms with Crippen LogP contribution in [-0.4, -0.2) is 23.3 Å². The summed E-state index contributed by atoms with van der Waals surface area (Å²) in [6.45, 7) is 1.92. The molecule has 2 heterocycles. The molecule has 4 rings (SSSR count). The first-order valence-corrected chi connectivity index (χ1v) is 9.76. The van der Waals surface area contributed by atoms with Crippen LogP contribution in [0.2, 0.25) is 0 Å². The van der Waals surface area contributed by atoms with E-state index in [-0.39, 0.29) is 10.7 Å². The van der Waals surface area contributed by atoms with Crippen molar-refractivity contribution in [2.75, 3.05) is 0 Å². The molecule has 1 unspecified atom stereocenters. The molecule has 0 saturated heterocycles. The Hall–Kier alpha value is -3.10. The largest absolute Gasteiger partial charge is 0.296 e. The highest BCUT2D eigenvalue weighted by molar-refractivity contribution is 7.88. The summed E-state index contributed by atoms with van der Waals surface area (Å²) in [5, 5.41) is 0. The number of aromatic nitrogens is 4. The predicted molar refractivity (Wildman–Crippen MR) is 102 cm³/mol. The number of rotatable bonds is 3. The molecule has 1 N–H and O–H groups in total. The van der Waals surface area contributed by atoms with Crippen molar-refractivity contribution in [2.24, 2.45) is 11.4 Å². The average molecular weight is 380 g/mol. The molecule has 0 aliphatic heterocycles. The Morgan fingerprint density at radius 1 is 1.07 bits per heavy atom. The minimum atomic E-state index is -3.67. The van der Waals surface area contributed by atoms with E-state index in [4.69, 9.17) is 0 Å². The van der Waals surface area contributed by atoms with Gasteiger partial charge in [-0.1, -0.05) is 29.8 Å². The van der Waals surface area contributed by atoms with Gasteiger partial charge in [-0.3, -0.25) is 4.55 Å². The summed E-state index contributed by atoms with van der Waals surface area (Å²) in [6.07, 6.45) is 5.43. The molecular formula is C19H18N5O2S+. The van der Waals surface area contributed by atoms with Gasteiger partial charge in [0.05, 0.1) is 23.0 Å². The third kappa shape index (κ3) is 3.44. The first kappa shape index (κ1) is 17.3. The lowest BCUT2D eigenvalue weighted by atomic mass is 10.2.